The number of pyridine rings is 2. The molecular formula is C20H22F4N4O3. The van der Waals surface area contributed by atoms with Gasteiger partial charge < -0.3 is 15.4 Å². The number of amides is 2. The summed E-state index contributed by atoms with van der Waals surface area (Å²) in [5, 5.41) is 5.37. The van der Waals surface area contributed by atoms with Crippen LogP contribution in [0.25, 0.3) is 0 Å². The molecule has 0 aliphatic carbocycles. The molecule has 31 heavy (non-hydrogen) atoms. The molecule has 2 heterocycles. The van der Waals surface area contributed by atoms with Crippen molar-refractivity contribution >= 4 is 17.6 Å². The third kappa shape index (κ3) is 6.90. The number of hydrogen-bond acceptors (Lipinski definition) is 5. The van der Waals surface area contributed by atoms with Crippen molar-refractivity contribution in [1.82, 2.24) is 15.3 Å². The Hall–Kier alpha value is -3.24. The van der Waals surface area contributed by atoms with Crippen LogP contribution >= 0.6 is 0 Å². The molecule has 2 N–H and O–H groups in total. The van der Waals surface area contributed by atoms with Crippen molar-refractivity contribution in [3.8, 4) is 5.75 Å². The van der Waals surface area contributed by atoms with Crippen molar-refractivity contribution in [2.45, 2.75) is 39.2 Å². The Morgan fingerprint density at radius 3 is 2.42 bits per heavy atom. The molecule has 0 aromatic carbocycles. The fourth-order valence-electron chi connectivity index (χ4n) is 2.25. The van der Waals surface area contributed by atoms with Gasteiger partial charge in [-0.3, -0.25) is 9.59 Å². The molecule has 2 aromatic rings. The number of ether oxygens (including phenoxy) is 1. The summed E-state index contributed by atoms with van der Waals surface area (Å²) >= 11 is 0. The number of nitrogens with zero attached hydrogens (tertiary/aromatic N) is 2. The van der Waals surface area contributed by atoms with E-state index in [1.807, 2.05) is 0 Å². The molecular weight excluding hydrogens is 420 g/mol. The van der Waals surface area contributed by atoms with Crippen LogP contribution in [0.15, 0.2) is 36.7 Å². The van der Waals surface area contributed by atoms with E-state index in [4.69, 9.17) is 0 Å². The van der Waals surface area contributed by atoms with Gasteiger partial charge in [-0.15, -0.1) is 0 Å². The van der Waals surface area contributed by atoms with E-state index in [0.717, 1.165) is 6.20 Å². The first-order chi connectivity index (χ1) is 14.5. The molecule has 2 rings (SSSR count). The van der Waals surface area contributed by atoms with Crippen molar-refractivity contribution in [3.63, 3.8) is 0 Å². The maximum Gasteiger partial charge on any atom is 0.340 e. The number of carbonyl (C=O) groups is 2. The van der Waals surface area contributed by atoms with E-state index in [1.54, 1.807) is 32.9 Å². The lowest BCUT2D eigenvalue weighted by Crippen LogP contribution is -2.33. The van der Waals surface area contributed by atoms with Gasteiger partial charge in [0.25, 0.3) is 5.91 Å². The van der Waals surface area contributed by atoms with E-state index in [-0.39, 0.29) is 23.3 Å². The molecule has 0 bridgehead atoms. The van der Waals surface area contributed by atoms with Gasteiger partial charge in [0.15, 0.2) is 6.61 Å². The van der Waals surface area contributed by atoms with Gasteiger partial charge in [-0.25, -0.2) is 18.7 Å². The first kappa shape index (κ1) is 24.0. The van der Waals surface area contributed by atoms with Crippen LogP contribution in [0.4, 0.5) is 23.4 Å². The molecule has 0 saturated carbocycles. The second-order valence-electron chi connectivity index (χ2n) is 7.04. The first-order valence-electron chi connectivity index (χ1n) is 9.32. The van der Waals surface area contributed by atoms with Crippen LogP contribution in [0, 0.1) is 5.92 Å². The van der Waals surface area contributed by atoms with Gasteiger partial charge in [-0.2, -0.15) is 8.78 Å². The summed E-state index contributed by atoms with van der Waals surface area (Å²) in [6, 6.07) is 5.23. The van der Waals surface area contributed by atoms with Crippen molar-refractivity contribution in [2.75, 3.05) is 11.9 Å². The van der Waals surface area contributed by atoms with E-state index in [9.17, 15) is 27.2 Å². The quantitative estimate of drug-likeness (QED) is 0.576. The predicted octanol–water partition coefficient (Wildman–Crippen LogP) is 3.84. The summed E-state index contributed by atoms with van der Waals surface area (Å²) < 4.78 is 54.7. The third-order valence-corrected chi connectivity index (χ3v) is 4.13. The second-order valence-corrected chi connectivity index (χ2v) is 7.04. The summed E-state index contributed by atoms with van der Waals surface area (Å²) in [6.45, 7) is 3.70. The third-order valence-electron chi connectivity index (χ3n) is 4.13. The van der Waals surface area contributed by atoms with Gasteiger partial charge in [0, 0.05) is 12.1 Å². The molecule has 7 nitrogen and oxygen atoms in total. The second kappa shape index (κ2) is 10.2. The van der Waals surface area contributed by atoms with Crippen LogP contribution in [-0.2, 0) is 4.79 Å². The number of aromatic nitrogens is 2. The van der Waals surface area contributed by atoms with E-state index in [0.29, 0.717) is 11.4 Å². The maximum atomic E-state index is 12.9. The van der Waals surface area contributed by atoms with Gasteiger partial charge in [0.05, 0.1) is 12.2 Å². The fourth-order valence-corrected chi connectivity index (χ4v) is 2.25. The van der Waals surface area contributed by atoms with E-state index >= 15 is 0 Å². The summed E-state index contributed by atoms with van der Waals surface area (Å²) in [5.41, 5.74) is 0.652. The Morgan fingerprint density at radius 1 is 1.13 bits per heavy atom. The minimum atomic E-state index is -4.29. The van der Waals surface area contributed by atoms with Crippen LogP contribution in [0.2, 0.25) is 0 Å². The molecule has 0 spiro atoms. The summed E-state index contributed by atoms with van der Waals surface area (Å²) in [4.78, 5) is 32.1. The fraction of sp³-hybridized carbons (Fsp3) is 0.400. The van der Waals surface area contributed by atoms with Crippen LogP contribution in [0.5, 0.6) is 5.75 Å². The van der Waals surface area contributed by atoms with Crippen molar-refractivity contribution < 1.29 is 31.9 Å². The molecule has 11 heteroatoms. The normalized spacial score (nSPS) is 12.5. The molecule has 1 atom stereocenters. The van der Waals surface area contributed by atoms with Crippen molar-refractivity contribution in [2.24, 2.45) is 5.92 Å². The van der Waals surface area contributed by atoms with Crippen LogP contribution in [0.1, 0.15) is 42.9 Å². The molecule has 0 aliphatic rings. The standard InChI is InChI=1S/C20H22F4N4O3/c1-11(2)17(29)28-16-8-13(6-7-25-16)12(3)27-18(30)15-5-4-14(9-26-15)31-10-20(23,24)19(21)22/h4-9,11-12,19H,10H2,1-3H3,(H,27,30)(H,25,28,29). The summed E-state index contributed by atoms with van der Waals surface area (Å²) in [7, 11) is 0. The minimum absolute atomic E-state index is 0.0257. The number of carbonyl (C=O) groups excluding carboxylic acids is 2. The zero-order chi connectivity index (χ0) is 23.2. The number of rotatable bonds is 9. The SMILES string of the molecule is CC(C)C(=O)Nc1cc(C(C)NC(=O)c2ccc(OCC(F)(F)C(F)F)cn2)ccn1. The Morgan fingerprint density at radius 2 is 1.84 bits per heavy atom. The van der Waals surface area contributed by atoms with E-state index in [1.165, 1.54) is 18.3 Å². The first-order valence-corrected chi connectivity index (χ1v) is 9.32. The average Bonchev–Trinajstić information content (AvgIpc) is 2.72. The zero-order valence-electron chi connectivity index (χ0n) is 17.0. The Labute approximate surface area is 176 Å². The summed E-state index contributed by atoms with van der Waals surface area (Å²) in [5.74, 6) is -5.09. The molecule has 0 saturated heterocycles. The molecule has 2 amide bonds. The van der Waals surface area contributed by atoms with Gasteiger partial charge in [-0.1, -0.05) is 13.8 Å². The van der Waals surface area contributed by atoms with E-state index in [2.05, 4.69) is 25.3 Å². The number of nitrogens with one attached hydrogen (secondary N) is 2. The highest BCUT2D eigenvalue weighted by atomic mass is 19.3. The number of halogens is 4. The van der Waals surface area contributed by atoms with Gasteiger partial charge in [0.1, 0.15) is 17.3 Å². The Balaban J connectivity index is 1.98. The lowest BCUT2D eigenvalue weighted by Gasteiger charge is -2.16. The lowest BCUT2D eigenvalue weighted by atomic mass is 10.1. The smallest absolute Gasteiger partial charge is 0.340 e. The van der Waals surface area contributed by atoms with Crippen molar-refractivity contribution in [1.29, 1.82) is 0 Å². The highest BCUT2D eigenvalue weighted by Crippen LogP contribution is 2.24. The minimum Gasteiger partial charge on any atom is -0.485 e. The van der Waals surface area contributed by atoms with Crippen LogP contribution in [0.3, 0.4) is 0 Å². The average molecular weight is 442 g/mol. The number of anilines is 1. The highest BCUT2D eigenvalue weighted by molar-refractivity contribution is 5.93. The molecule has 0 fully saturated rings. The lowest BCUT2D eigenvalue weighted by molar-refractivity contribution is -0.148. The molecule has 0 radical (unpaired) electrons. The Kier molecular flexibility index (Phi) is 7.89. The van der Waals surface area contributed by atoms with E-state index < -0.39 is 30.9 Å². The largest absolute Gasteiger partial charge is 0.485 e. The van der Waals surface area contributed by atoms with Gasteiger partial charge in [0.2, 0.25) is 5.91 Å². The maximum absolute atomic E-state index is 12.9. The van der Waals surface area contributed by atoms with Gasteiger partial charge in [-0.05, 0) is 36.8 Å². The van der Waals surface area contributed by atoms with Crippen molar-refractivity contribution in [3.05, 3.63) is 47.9 Å². The highest BCUT2D eigenvalue weighted by Gasteiger charge is 2.41. The van der Waals surface area contributed by atoms with Crippen LogP contribution < -0.4 is 15.4 Å². The Bertz CT molecular complexity index is 908. The molecule has 0 aliphatic heterocycles. The number of alkyl halides is 4. The topological polar surface area (TPSA) is 93.2 Å². The number of hydrogen-bond donors (Lipinski definition) is 2. The monoisotopic (exact) mass is 442 g/mol. The predicted molar refractivity (Wildman–Crippen MR) is 104 cm³/mol. The molecule has 2 aromatic heterocycles. The van der Waals surface area contributed by atoms with Crippen LogP contribution in [-0.4, -0.2) is 40.7 Å². The van der Waals surface area contributed by atoms with Gasteiger partial charge >= 0.3 is 12.3 Å². The molecule has 168 valence electrons. The molecule has 1 unspecified atom stereocenters. The summed E-state index contributed by atoms with van der Waals surface area (Å²) in [6.07, 6.45) is -1.36. The zero-order valence-corrected chi connectivity index (χ0v) is 17.0.